The number of nitrogens with zero attached hydrogens (tertiary/aromatic N) is 2. The Kier molecular flexibility index (Phi) is 17.7. The molecular weight excluding hydrogens is 636 g/mol. The Hall–Kier alpha value is -3.22. The highest BCUT2D eigenvalue weighted by Crippen LogP contribution is 2.29. The van der Waals surface area contributed by atoms with Crippen LogP contribution in [0.1, 0.15) is 79.7 Å². The van der Waals surface area contributed by atoms with Crippen molar-refractivity contribution in [3.8, 4) is 0 Å². The van der Waals surface area contributed by atoms with Crippen LogP contribution in [0.3, 0.4) is 0 Å². The summed E-state index contributed by atoms with van der Waals surface area (Å²) in [4.78, 5) is 58.1. The molecule has 50 heavy (non-hydrogen) atoms. The van der Waals surface area contributed by atoms with E-state index in [1.54, 1.807) is 33.2 Å². The van der Waals surface area contributed by atoms with E-state index in [1.807, 2.05) is 70.7 Å². The van der Waals surface area contributed by atoms with Gasteiger partial charge in [0.1, 0.15) is 6.04 Å². The van der Waals surface area contributed by atoms with Crippen molar-refractivity contribution < 1.29 is 28.7 Å². The van der Waals surface area contributed by atoms with Gasteiger partial charge in [0.2, 0.25) is 23.6 Å². The second-order valence-corrected chi connectivity index (χ2v) is 14.6. The minimum Gasteiger partial charge on any atom is -0.399 e. The fourth-order valence-electron chi connectivity index (χ4n) is 7.22. The fraction of sp³-hybridized carbons (Fsp3) is 0.737. The van der Waals surface area contributed by atoms with E-state index < -0.39 is 36.3 Å². The number of rotatable bonds is 20. The number of hydrogen-bond acceptors (Lipinski definition) is 8. The van der Waals surface area contributed by atoms with Crippen molar-refractivity contribution in [2.24, 2.45) is 23.7 Å². The van der Waals surface area contributed by atoms with Crippen molar-refractivity contribution in [3.63, 3.8) is 0 Å². The first-order valence-electron chi connectivity index (χ1n) is 18.3. The number of carbonyl (C=O) groups is 4. The maximum atomic E-state index is 14.1. The van der Waals surface area contributed by atoms with Gasteiger partial charge in [-0.25, -0.2) is 0 Å². The number of hydrogen-bond donors (Lipinski definition) is 4. The van der Waals surface area contributed by atoms with Crippen molar-refractivity contribution in [3.05, 3.63) is 29.8 Å². The number of nitrogens with one attached hydrogen (secondary N) is 3. The molecule has 1 aliphatic heterocycles. The molecule has 284 valence electrons. The molecule has 1 aliphatic rings. The largest absolute Gasteiger partial charge is 0.399 e. The van der Waals surface area contributed by atoms with Gasteiger partial charge in [-0.2, -0.15) is 0 Å². The van der Waals surface area contributed by atoms with E-state index in [2.05, 4.69) is 22.9 Å². The van der Waals surface area contributed by atoms with Gasteiger partial charge in [0.15, 0.2) is 0 Å². The Labute approximate surface area is 300 Å². The number of likely N-dealkylation sites (N-methyl/N-ethyl adjacent to an activating group) is 2. The molecule has 1 aromatic rings. The summed E-state index contributed by atoms with van der Waals surface area (Å²) in [5.41, 5.74) is 7.56. The van der Waals surface area contributed by atoms with E-state index >= 15 is 0 Å². The van der Waals surface area contributed by atoms with Gasteiger partial charge in [-0.3, -0.25) is 19.2 Å². The number of benzene rings is 1. The zero-order valence-electron chi connectivity index (χ0n) is 32.5. The van der Waals surface area contributed by atoms with Gasteiger partial charge in [-0.05, 0) is 61.8 Å². The highest BCUT2D eigenvalue weighted by atomic mass is 16.5. The summed E-state index contributed by atoms with van der Waals surface area (Å²) in [6.45, 7) is 14.7. The lowest BCUT2D eigenvalue weighted by Gasteiger charge is -2.41. The summed E-state index contributed by atoms with van der Waals surface area (Å²) in [6, 6.07) is 5.72. The molecule has 4 amide bonds. The topological polar surface area (TPSA) is 155 Å². The van der Waals surface area contributed by atoms with E-state index in [1.165, 1.54) is 0 Å². The Balaban J connectivity index is 2.19. The highest BCUT2D eigenvalue weighted by molar-refractivity contribution is 5.90. The van der Waals surface area contributed by atoms with E-state index in [4.69, 9.17) is 15.2 Å². The van der Waals surface area contributed by atoms with Crippen LogP contribution in [0.2, 0.25) is 0 Å². The molecule has 0 aromatic heterocycles. The van der Waals surface area contributed by atoms with Crippen molar-refractivity contribution in [1.29, 1.82) is 0 Å². The van der Waals surface area contributed by atoms with Crippen LogP contribution in [0, 0.1) is 23.7 Å². The Morgan fingerprint density at radius 2 is 1.58 bits per heavy atom. The van der Waals surface area contributed by atoms with E-state index in [0.717, 1.165) is 24.8 Å². The number of amides is 4. The summed E-state index contributed by atoms with van der Waals surface area (Å²) in [5, 5.41) is 9.07. The number of nitrogens with two attached hydrogens (primary N) is 1. The van der Waals surface area contributed by atoms with E-state index in [0.29, 0.717) is 25.2 Å². The number of anilines is 1. The molecule has 0 saturated carbocycles. The quantitative estimate of drug-likeness (QED) is 0.151. The molecule has 1 aromatic carbocycles. The Bertz CT molecular complexity index is 1230. The third-order valence-electron chi connectivity index (χ3n) is 10.4. The SMILES string of the molecule is CCC(C)[C@@H]([C@@H](CC(=O)N1CCC[C@H]1[C@H](OC)[C@@H](C)C(=O)NCCc1ccc(N)cc1)OC)N(C)C(=O)[C@@H](NC(=O)[C@@H](NC)C(C)C)C(C)C. The van der Waals surface area contributed by atoms with Gasteiger partial charge < -0.3 is 41.0 Å². The average molecular weight is 703 g/mol. The van der Waals surface area contributed by atoms with E-state index in [-0.39, 0.29) is 53.8 Å². The van der Waals surface area contributed by atoms with Crippen molar-refractivity contribution in [2.75, 3.05) is 47.1 Å². The predicted molar refractivity (Wildman–Crippen MR) is 198 cm³/mol. The van der Waals surface area contributed by atoms with E-state index in [9.17, 15) is 19.2 Å². The molecular formula is C38H66N6O6. The molecule has 12 nitrogen and oxygen atoms in total. The third kappa shape index (κ3) is 11.4. The zero-order chi connectivity index (χ0) is 37.7. The van der Waals surface area contributed by atoms with Crippen LogP contribution >= 0.6 is 0 Å². The summed E-state index contributed by atoms with van der Waals surface area (Å²) in [6.07, 6.45) is 1.93. The zero-order valence-corrected chi connectivity index (χ0v) is 32.5. The molecule has 0 spiro atoms. The van der Waals surface area contributed by atoms with Gasteiger partial charge in [0.25, 0.3) is 0 Å². The smallest absolute Gasteiger partial charge is 0.245 e. The highest BCUT2D eigenvalue weighted by Gasteiger charge is 2.43. The molecule has 1 heterocycles. The van der Waals surface area contributed by atoms with Gasteiger partial charge >= 0.3 is 0 Å². The summed E-state index contributed by atoms with van der Waals surface area (Å²) in [5.74, 6) is -1.27. The third-order valence-corrected chi connectivity index (χ3v) is 10.4. The normalized spacial score (nSPS) is 19.0. The number of ether oxygens (including phenoxy) is 2. The van der Waals surface area contributed by atoms with Gasteiger partial charge in [-0.1, -0.05) is 67.0 Å². The monoisotopic (exact) mass is 703 g/mol. The molecule has 2 rings (SSSR count). The van der Waals surface area contributed by atoms with Gasteiger partial charge in [-0.15, -0.1) is 0 Å². The first-order valence-corrected chi connectivity index (χ1v) is 18.3. The Morgan fingerprint density at radius 1 is 0.960 bits per heavy atom. The van der Waals surface area contributed by atoms with Crippen molar-refractivity contribution >= 4 is 29.3 Å². The number of likely N-dealkylation sites (tertiary alicyclic amines) is 1. The van der Waals surface area contributed by atoms with Crippen molar-refractivity contribution in [2.45, 2.75) is 117 Å². The summed E-state index contributed by atoms with van der Waals surface area (Å²) < 4.78 is 11.9. The fourth-order valence-corrected chi connectivity index (χ4v) is 7.22. The minimum atomic E-state index is -0.744. The van der Waals surface area contributed by atoms with Gasteiger partial charge in [0, 0.05) is 40.0 Å². The molecule has 5 N–H and O–H groups in total. The van der Waals surface area contributed by atoms with Crippen LogP contribution in [0.4, 0.5) is 5.69 Å². The standard InChI is InChI=1S/C38H66N6O6/c1-12-25(6)34(43(9)38(48)33(24(4)5)42-37(47)32(40-8)23(2)3)30(49-10)22-31(45)44-21-13-14-29(44)35(50-11)26(7)36(46)41-20-19-27-15-17-28(39)18-16-27/h15-18,23-26,29-30,32-35,40H,12-14,19-22,39H2,1-11H3,(H,41,46)(H,42,47)/t25?,26-,29+,30-,32+,33+,34+,35-/m1/s1. The molecule has 12 heteroatoms. The molecule has 1 unspecified atom stereocenters. The molecule has 8 atom stereocenters. The number of carbonyl (C=O) groups excluding carboxylic acids is 4. The second-order valence-electron chi connectivity index (χ2n) is 14.6. The van der Waals surface area contributed by atoms with Gasteiger partial charge in [0.05, 0.1) is 42.7 Å². The van der Waals surface area contributed by atoms with Crippen LogP contribution in [-0.2, 0) is 35.1 Å². The van der Waals surface area contributed by atoms with Crippen molar-refractivity contribution in [1.82, 2.24) is 25.8 Å². The van der Waals surface area contributed by atoms with Crippen LogP contribution in [-0.4, -0.2) is 111 Å². The maximum absolute atomic E-state index is 14.1. The number of methoxy groups -OCH3 is 2. The molecule has 1 saturated heterocycles. The lowest BCUT2D eigenvalue weighted by atomic mass is 9.89. The predicted octanol–water partition coefficient (Wildman–Crippen LogP) is 3.23. The summed E-state index contributed by atoms with van der Waals surface area (Å²) in [7, 11) is 6.64. The number of nitrogen functional groups attached to an aromatic ring is 1. The lowest BCUT2D eigenvalue weighted by Crippen LogP contribution is -2.59. The molecule has 0 radical (unpaired) electrons. The molecule has 0 bridgehead atoms. The Morgan fingerprint density at radius 3 is 2.10 bits per heavy atom. The van der Waals surface area contributed by atoms with Crippen LogP contribution in [0.15, 0.2) is 24.3 Å². The first kappa shape index (κ1) is 42.9. The second kappa shape index (κ2) is 20.6. The first-order chi connectivity index (χ1) is 23.6. The summed E-state index contributed by atoms with van der Waals surface area (Å²) >= 11 is 0. The lowest BCUT2D eigenvalue weighted by molar-refractivity contribution is -0.147. The minimum absolute atomic E-state index is 0.00370. The van der Waals surface area contributed by atoms with Crippen LogP contribution < -0.4 is 21.7 Å². The van der Waals surface area contributed by atoms with Crippen LogP contribution in [0.5, 0.6) is 0 Å². The average Bonchev–Trinajstić information content (AvgIpc) is 3.57. The molecule has 1 fully saturated rings. The maximum Gasteiger partial charge on any atom is 0.245 e. The molecule has 0 aliphatic carbocycles. The van der Waals surface area contributed by atoms with Crippen LogP contribution in [0.25, 0.3) is 0 Å².